The molecule has 0 bridgehead atoms. The molecule has 7 nitrogen and oxygen atoms in total. The molecule has 0 aliphatic heterocycles. The van der Waals surface area contributed by atoms with E-state index in [1.54, 1.807) is 12.3 Å². The fourth-order valence-corrected chi connectivity index (χ4v) is 2.98. The largest absolute Gasteiger partial charge is 0.269 e. The standard InChI is InChI=1S/C13H12N6OS/c20-12-7-9(14-11-3-1-2-6-18(11)12)8-21-13-15-16-17-19(13)10-4-5-10/h1-3,6-7,10H,4-5,8H2. The van der Waals surface area contributed by atoms with Gasteiger partial charge in [-0.25, -0.2) is 9.67 Å². The van der Waals surface area contributed by atoms with E-state index >= 15 is 0 Å². The van der Waals surface area contributed by atoms with Crippen LogP contribution in [0.5, 0.6) is 0 Å². The van der Waals surface area contributed by atoms with Crippen molar-refractivity contribution in [1.82, 2.24) is 29.6 Å². The van der Waals surface area contributed by atoms with Gasteiger partial charge in [-0.05, 0) is 35.4 Å². The number of nitrogens with zero attached hydrogens (tertiary/aromatic N) is 6. The Labute approximate surface area is 124 Å². The van der Waals surface area contributed by atoms with Crippen LogP contribution in [0, 0.1) is 0 Å². The first kappa shape index (κ1) is 12.5. The molecular weight excluding hydrogens is 288 g/mol. The van der Waals surface area contributed by atoms with Crippen molar-refractivity contribution in [3.63, 3.8) is 0 Å². The molecule has 0 radical (unpaired) electrons. The van der Waals surface area contributed by atoms with E-state index in [-0.39, 0.29) is 5.56 Å². The molecule has 0 spiro atoms. The summed E-state index contributed by atoms with van der Waals surface area (Å²) in [4.78, 5) is 16.5. The lowest BCUT2D eigenvalue weighted by Gasteiger charge is -2.04. The second-order valence-corrected chi connectivity index (χ2v) is 5.88. The minimum Gasteiger partial charge on any atom is -0.269 e. The molecule has 0 N–H and O–H groups in total. The predicted molar refractivity (Wildman–Crippen MR) is 77.1 cm³/mol. The van der Waals surface area contributed by atoms with Gasteiger partial charge in [-0.15, -0.1) is 5.10 Å². The average Bonchev–Trinajstić information content (AvgIpc) is 3.24. The fourth-order valence-electron chi connectivity index (χ4n) is 2.14. The third kappa shape index (κ3) is 2.42. The molecule has 3 aromatic heterocycles. The van der Waals surface area contributed by atoms with Crippen LogP contribution < -0.4 is 5.56 Å². The van der Waals surface area contributed by atoms with Gasteiger partial charge in [-0.2, -0.15) is 0 Å². The van der Waals surface area contributed by atoms with Crippen molar-refractivity contribution in [2.75, 3.05) is 0 Å². The van der Waals surface area contributed by atoms with Gasteiger partial charge in [-0.3, -0.25) is 9.20 Å². The average molecular weight is 300 g/mol. The number of tetrazole rings is 1. The van der Waals surface area contributed by atoms with Crippen LogP contribution in [0.2, 0.25) is 0 Å². The van der Waals surface area contributed by atoms with Crippen LogP contribution in [0.25, 0.3) is 5.65 Å². The van der Waals surface area contributed by atoms with Gasteiger partial charge in [0, 0.05) is 18.0 Å². The van der Waals surface area contributed by atoms with E-state index in [1.807, 2.05) is 22.9 Å². The maximum absolute atomic E-state index is 12.0. The lowest BCUT2D eigenvalue weighted by atomic mass is 10.4. The zero-order chi connectivity index (χ0) is 14.2. The quantitative estimate of drug-likeness (QED) is 0.676. The third-order valence-electron chi connectivity index (χ3n) is 3.33. The van der Waals surface area contributed by atoms with Crippen LogP contribution in [-0.2, 0) is 5.75 Å². The van der Waals surface area contributed by atoms with E-state index in [4.69, 9.17) is 0 Å². The van der Waals surface area contributed by atoms with Crippen molar-refractivity contribution < 1.29 is 0 Å². The molecule has 0 saturated heterocycles. The van der Waals surface area contributed by atoms with Crippen LogP contribution in [-0.4, -0.2) is 29.6 Å². The molecule has 0 aromatic carbocycles. The normalized spacial score (nSPS) is 14.7. The van der Waals surface area contributed by atoms with Gasteiger partial charge in [0.05, 0.1) is 11.7 Å². The van der Waals surface area contributed by atoms with Crippen LogP contribution >= 0.6 is 11.8 Å². The van der Waals surface area contributed by atoms with E-state index < -0.39 is 0 Å². The molecule has 21 heavy (non-hydrogen) atoms. The summed E-state index contributed by atoms with van der Waals surface area (Å²) in [7, 11) is 0. The Kier molecular flexibility index (Phi) is 2.95. The van der Waals surface area contributed by atoms with Crippen LogP contribution in [0.4, 0.5) is 0 Å². The van der Waals surface area contributed by atoms with Crippen LogP contribution in [0.1, 0.15) is 24.6 Å². The zero-order valence-electron chi connectivity index (χ0n) is 11.1. The number of fused-ring (bicyclic) bond motifs is 1. The first-order valence-electron chi connectivity index (χ1n) is 6.69. The lowest BCUT2D eigenvalue weighted by molar-refractivity contribution is 0.565. The fraction of sp³-hybridized carbons (Fsp3) is 0.308. The van der Waals surface area contributed by atoms with Gasteiger partial charge in [-0.1, -0.05) is 17.8 Å². The van der Waals surface area contributed by atoms with E-state index in [0.717, 1.165) is 23.7 Å². The molecule has 1 fully saturated rings. The summed E-state index contributed by atoms with van der Waals surface area (Å²) in [5, 5.41) is 12.5. The molecule has 0 amide bonds. The molecular formula is C13H12N6OS. The first-order chi connectivity index (χ1) is 10.3. The summed E-state index contributed by atoms with van der Waals surface area (Å²) in [6.45, 7) is 0. The summed E-state index contributed by atoms with van der Waals surface area (Å²) in [5.41, 5.74) is 1.32. The Morgan fingerprint density at radius 2 is 2.24 bits per heavy atom. The second-order valence-electron chi connectivity index (χ2n) is 4.94. The molecule has 1 aliphatic carbocycles. The molecule has 3 aromatic rings. The summed E-state index contributed by atoms with van der Waals surface area (Å²) < 4.78 is 3.39. The number of thioether (sulfide) groups is 1. The molecule has 1 aliphatic rings. The smallest absolute Gasteiger partial charge is 0.258 e. The molecule has 0 unspecified atom stereocenters. The van der Waals surface area contributed by atoms with Gasteiger partial charge in [0.15, 0.2) is 0 Å². The van der Waals surface area contributed by atoms with Gasteiger partial charge in [0.25, 0.3) is 5.56 Å². The topological polar surface area (TPSA) is 78.0 Å². The maximum atomic E-state index is 12.0. The van der Waals surface area contributed by atoms with E-state index in [2.05, 4.69) is 20.5 Å². The Hall–Kier alpha value is -2.22. The minimum absolute atomic E-state index is 0.0713. The van der Waals surface area contributed by atoms with E-state index in [1.165, 1.54) is 16.2 Å². The first-order valence-corrected chi connectivity index (χ1v) is 7.68. The second kappa shape index (κ2) is 4.96. The Morgan fingerprint density at radius 1 is 1.33 bits per heavy atom. The van der Waals surface area contributed by atoms with Gasteiger partial charge in [0.2, 0.25) is 5.16 Å². The highest BCUT2D eigenvalue weighted by atomic mass is 32.2. The lowest BCUT2D eigenvalue weighted by Crippen LogP contribution is -2.14. The molecule has 0 atom stereocenters. The number of hydrogen-bond donors (Lipinski definition) is 0. The maximum Gasteiger partial charge on any atom is 0.258 e. The van der Waals surface area contributed by atoms with Crippen molar-refractivity contribution in [1.29, 1.82) is 0 Å². The number of rotatable bonds is 4. The third-order valence-corrected chi connectivity index (χ3v) is 4.30. The van der Waals surface area contributed by atoms with Crippen LogP contribution in [0.15, 0.2) is 40.4 Å². The SMILES string of the molecule is O=c1cc(CSc2nnnn2C2CC2)nc2ccccn12. The summed E-state index contributed by atoms with van der Waals surface area (Å²) in [6, 6.07) is 7.51. The van der Waals surface area contributed by atoms with Gasteiger partial charge >= 0.3 is 0 Å². The summed E-state index contributed by atoms with van der Waals surface area (Å²) >= 11 is 1.51. The van der Waals surface area contributed by atoms with Crippen molar-refractivity contribution in [3.05, 3.63) is 46.5 Å². The summed E-state index contributed by atoms with van der Waals surface area (Å²) in [6.07, 6.45) is 3.98. The number of pyridine rings is 1. The Bertz CT molecular complexity index is 853. The number of aromatic nitrogens is 6. The van der Waals surface area contributed by atoms with Crippen molar-refractivity contribution >= 4 is 17.4 Å². The highest BCUT2D eigenvalue weighted by Gasteiger charge is 2.27. The van der Waals surface area contributed by atoms with Crippen molar-refractivity contribution in [3.8, 4) is 0 Å². The van der Waals surface area contributed by atoms with Gasteiger partial charge in [0.1, 0.15) is 5.65 Å². The molecule has 3 heterocycles. The molecule has 4 rings (SSSR count). The molecule has 8 heteroatoms. The summed E-state index contributed by atoms with van der Waals surface area (Å²) in [5.74, 6) is 0.577. The van der Waals surface area contributed by atoms with Crippen LogP contribution in [0.3, 0.4) is 0 Å². The predicted octanol–water partition coefficient (Wildman–Crippen LogP) is 1.31. The Morgan fingerprint density at radius 3 is 3.10 bits per heavy atom. The molecule has 1 saturated carbocycles. The minimum atomic E-state index is -0.0713. The highest BCUT2D eigenvalue weighted by Crippen LogP contribution is 2.36. The monoisotopic (exact) mass is 300 g/mol. The van der Waals surface area contributed by atoms with Crippen molar-refractivity contribution in [2.45, 2.75) is 29.8 Å². The van der Waals surface area contributed by atoms with E-state index in [0.29, 0.717) is 17.4 Å². The Balaban J connectivity index is 1.59. The highest BCUT2D eigenvalue weighted by molar-refractivity contribution is 7.98. The van der Waals surface area contributed by atoms with Gasteiger partial charge < -0.3 is 0 Å². The number of hydrogen-bond acceptors (Lipinski definition) is 6. The molecule has 106 valence electrons. The zero-order valence-corrected chi connectivity index (χ0v) is 11.9. The van der Waals surface area contributed by atoms with E-state index in [9.17, 15) is 4.79 Å². The van der Waals surface area contributed by atoms with Crippen molar-refractivity contribution in [2.24, 2.45) is 0 Å².